The number of hydrogen-bond acceptors (Lipinski definition) is 4. The average molecular weight is 422 g/mol. The van der Waals surface area contributed by atoms with Gasteiger partial charge in [-0.2, -0.15) is 4.31 Å². The SMILES string of the molecule is CCNC(=NCc1ccccc1S(=O)(=O)N1CCN(C)CC1)N1CCCC(C)C1. The zero-order chi connectivity index (χ0) is 20.9. The summed E-state index contributed by atoms with van der Waals surface area (Å²) in [5.41, 5.74) is 0.756. The molecule has 1 aromatic rings. The van der Waals surface area contributed by atoms with E-state index in [9.17, 15) is 8.42 Å². The Morgan fingerprint density at radius 1 is 1.17 bits per heavy atom. The van der Waals surface area contributed by atoms with Crippen molar-refractivity contribution in [3.8, 4) is 0 Å². The van der Waals surface area contributed by atoms with Crippen LogP contribution < -0.4 is 5.32 Å². The summed E-state index contributed by atoms with van der Waals surface area (Å²) >= 11 is 0. The third kappa shape index (κ3) is 5.49. The minimum atomic E-state index is -3.51. The Labute approximate surface area is 175 Å². The van der Waals surface area contributed by atoms with Crippen molar-refractivity contribution < 1.29 is 8.42 Å². The van der Waals surface area contributed by atoms with E-state index >= 15 is 0 Å². The Hall–Kier alpha value is -1.64. The quantitative estimate of drug-likeness (QED) is 0.580. The summed E-state index contributed by atoms with van der Waals surface area (Å²) in [6.45, 7) is 10.1. The summed E-state index contributed by atoms with van der Waals surface area (Å²) in [6, 6.07) is 7.29. The molecule has 0 aliphatic carbocycles. The van der Waals surface area contributed by atoms with Crippen LogP contribution in [-0.4, -0.2) is 81.3 Å². The van der Waals surface area contributed by atoms with Crippen molar-refractivity contribution in [1.82, 2.24) is 19.4 Å². The molecule has 1 atom stereocenters. The van der Waals surface area contributed by atoms with E-state index < -0.39 is 10.0 Å². The van der Waals surface area contributed by atoms with Gasteiger partial charge in [0.05, 0.1) is 11.4 Å². The topological polar surface area (TPSA) is 68.2 Å². The molecule has 0 aromatic heterocycles. The Balaban J connectivity index is 1.81. The molecule has 1 N–H and O–H groups in total. The number of likely N-dealkylation sites (N-methyl/N-ethyl adjacent to an activating group) is 1. The molecule has 1 aromatic carbocycles. The molecule has 8 heteroatoms. The number of aliphatic imine (C=N–C) groups is 1. The van der Waals surface area contributed by atoms with E-state index in [0.717, 1.165) is 44.2 Å². The zero-order valence-electron chi connectivity index (χ0n) is 18.0. The normalized spacial score (nSPS) is 22.7. The molecule has 7 nitrogen and oxygen atoms in total. The van der Waals surface area contributed by atoms with Crippen LogP contribution in [0.2, 0.25) is 0 Å². The van der Waals surface area contributed by atoms with Crippen molar-refractivity contribution in [1.29, 1.82) is 0 Å². The number of nitrogens with zero attached hydrogens (tertiary/aromatic N) is 4. The summed E-state index contributed by atoms with van der Waals surface area (Å²) in [5, 5.41) is 3.38. The molecule has 0 bridgehead atoms. The van der Waals surface area contributed by atoms with Gasteiger partial charge in [0.15, 0.2) is 5.96 Å². The predicted octanol–water partition coefficient (Wildman–Crippen LogP) is 1.82. The maximum absolute atomic E-state index is 13.3. The van der Waals surface area contributed by atoms with E-state index in [1.54, 1.807) is 16.4 Å². The van der Waals surface area contributed by atoms with Crippen molar-refractivity contribution in [2.45, 2.75) is 38.1 Å². The number of rotatable bonds is 5. The first kappa shape index (κ1) is 22.1. The third-order valence-corrected chi connectivity index (χ3v) is 7.74. The zero-order valence-corrected chi connectivity index (χ0v) is 18.8. The van der Waals surface area contributed by atoms with Gasteiger partial charge in [-0.05, 0) is 44.4 Å². The van der Waals surface area contributed by atoms with Crippen LogP contribution in [0, 0.1) is 5.92 Å². The fourth-order valence-corrected chi connectivity index (χ4v) is 5.66. The maximum Gasteiger partial charge on any atom is 0.243 e. The average Bonchev–Trinajstić information content (AvgIpc) is 2.71. The monoisotopic (exact) mass is 421 g/mol. The van der Waals surface area contributed by atoms with E-state index in [1.165, 1.54) is 12.8 Å². The van der Waals surface area contributed by atoms with Crippen molar-refractivity contribution in [3.05, 3.63) is 29.8 Å². The molecule has 29 heavy (non-hydrogen) atoms. The first-order valence-electron chi connectivity index (χ1n) is 10.7. The molecule has 2 fully saturated rings. The number of piperazine rings is 1. The fraction of sp³-hybridized carbons (Fsp3) is 0.667. The maximum atomic E-state index is 13.3. The molecule has 1 unspecified atom stereocenters. The van der Waals surface area contributed by atoms with Gasteiger partial charge in [0.2, 0.25) is 10.0 Å². The first-order valence-corrected chi connectivity index (χ1v) is 12.2. The number of benzene rings is 1. The van der Waals surface area contributed by atoms with Crippen molar-refractivity contribution in [3.63, 3.8) is 0 Å². The molecular weight excluding hydrogens is 386 g/mol. The summed E-state index contributed by atoms with van der Waals surface area (Å²) in [6.07, 6.45) is 2.42. The van der Waals surface area contributed by atoms with Gasteiger partial charge in [0.1, 0.15) is 0 Å². The molecule has 2 aliphatic rings. The van der Waals surface area contributed by atoms with Crippen molar-refractivity contribution in [2.24, 2.45) is 10.9 Å². The number of likely N-dealkylation sites (tertiary alicyclic amines) is 1. The van der Waals surface area contributed by atoms with Crippen LogP contribution in [0.25, 0.3) is 0 Å². The summed E-state index contributed by atoms with van der Waals surface area (Å²) in [7, 11) is -1.48. The van der Waals surface area contributed by atoms with Crippen LogP contribution in [0.15, 0.2) is 34.2 Å². The van der Waals surface area contributed by atoms with Crippen LogP contribution in [0.4, 0.5) is 0 Å². The highest BCUT2D eigenvalue weighted by atomic mass is 32.2. The van der Waals surface area contributed by atoms with E-state index in [-0.39, 0.29) is 0 Å². The number of guanidine groups is 1. The van der Waals surface area contributed by atoms with E-state index in [2.05, 4.69) is 29.0 Å². The van der Waals surface area contributed by atoms with Crippen molar-refractivity contribution in [2.75, 3.05) is 52.9 Å². The number of piperidine rings is 1. The molecule has 0 amide bonds. The molecule has 162 valence electrons. The van der Waals surface area contributed by atoms with E-state index in [1.807, 2.05) is 19.2 Å². The lowest BCUT2D eigenvalue weighted by atomic mass is 10.0. The molecular formula is C21H35N5O2S. The number of sulfonamides is 1. The van der Waals surface area contributed by atoms with Crippen molar-refractivity contribution >= 4 is 16.0 Å². The molecule has 0 spiro atoms. The summed E-state index contributed by atoms with van der Waals surface area (Å²) < 4.78 is 28.1. The lowest BCUT2D eigenvalue weighted by Gasteiger charge is -2.33. The fourth-order valence-electron chi connectivity index (χ4n) is 4.02. The van der Waals surface area contributed by atoms with Gasteiger partial charge < -0.3 is 15.1 Å². The van der Waals surface area contributed by atoms with Crippen LogP contribution in [0.3, 0.4) is 0 Å². The second-order valence-corrected chi connectivity index (χ2v) is 10.1. The van der Waals surface area contributed by atoms with E-state index in [4.69, 9.17) is 4.99 Å². The molecule has 3 rings (SSSR count). The van der Waals surface area contributed by atoms with Crippen LogP contribution in [-0.2, 0) is 16.6 Å². The molecule has 2 saturated heterocycles. The molecule has 0 radical (unpaired) electrons. The summed E-state index contributed by atoms with van der Waals surface area (Å²) in [5.74, 6) is 1.53. The lowest BCUT2D eigenvalue weighted by Crippen LogP contribution is -2.47. The Morgan fingerprint density at radius 3 is 2.59 bits per heavy atom. The minimum absolute atomic E-state index is 0.358. The molecule has 2 aliphatic heterocycles. The largest absolute Gasteiger partial charge is 0.357 e. The van der Waals surface area contributed by atoms with Gasteiger partial charge in [-0.25, -0.2) is 13.4 Å². The van der Waals surface area contributed by atoms with Crippen LogP contribution >= 0.6 is 0 Å². The third-order valence-electron chi connectivity index (χ3n) is 5.74. The highest BCUT2D eigenvalue weighted by molar-refractivity contribution is 7.89. The number of hydrogen-bond donors (Lipinski definition) is 1. The molecule has 0 saturated carbocycles. The standard InChI is InChI=1S/C21H35N5O2S/c1-4-22-21(25-11-7-8-18(2)17-25)23-16-19-9-5-6-10-20(19)29(27,28)26-14-12-24(3)13-15-26/h5-6,9-10,18H,4,7-8,11-17H2,1-3H3,(H,22,23). The summed E-state index contributed by atoms with van der Waals surface area (Å²) in [4.78, 5) is 9.66. The minimum Gasteiger partial charge on any atom is -0.357 e. The second kappa shape index (κ2) is 9.91. The van der Waals surface area contributed by atoms with Gasteiger partial charge in [-0.1, -0.05) is 25.1 Å². The second-order valence-electron chi connectivity index (χ2n) is 8.18. The van der Waals surface area contributed by atoms with E-state index in [0.29, 0.717) is 30.4 Å². The van der Waals surface area contributed by atoms with Crippen LogP contribution in [0.5, 0.6) is 0 Å². The predicted molar refractivity (Wildman–Crippen MR) is 117 cm³/mol. The van der Waals surface area contributed by atoms with Gasteiger partial charge in [-0.15, -0.1) is 0 Å². The molecule has 2 heterocycles. The van der Waals surface area contributed by atoms with Crippen LogP contribution in [0.1, 0.15) is 32.3 Å². The highest BCUT2D eigenvalue weighted by Crippen LogP contribution is 2.22. The Morgan fingerprint density at radius 2 is 1.90 bits per heavy atom. The lowest BCUT2D eigenvalue weighted by molar-refractivity contribution is 0.222. The first-order chi connectivity index (χ1) is 13.9. The highest BCUT2D eigenvalue weighted by Gasteiger charge is 2.29. The Bertz CT molecular complexity index is 803. The van der Waals surface area contributed by atoms with Gasteiger partial charge in [0, 0.05) is 45.8 Å². The van der Waals surface area contributed by atoms with Gasteiger partial charge in [0.25, 0.3) is 0 Å². The number of nitrogens with one attached hydrogen (secondary N) is 1. The van der Waals surface area contributed by atoms with Gasteiger partial charge >= 0.3 is 0 Å². The van der Waals surface area contributed by atoms with Gasteiger partial charge in [-0.3, -0.25) is 0 Å². The smallest absolute Gasteiger partial charge is 0.243 e. The Kier molecular flexibility index (Phi) is 7.54.